The third-order valence-corrected chi connectivity index (χ3v) is 5.45. The molecule has 0 aromatic heterocycles. The molecule has 0 aliphatic carbocycles. The summed E-state index contributed by atoms with van der Waals surface area (Å²) >= 11 is 6.59. The Labute approximate surface area is 129 Å². The van der Waals surface area contributed by atoms with Crippen LogP contribution in [0.25, 0.3) is 0 Å². The standard InChI is InChI=1S/C9H8I3NO2/c1-13(15-2)9(14)6-3-5(10)4-7(11)8(6)12/h3-4H,1-2H3. The molecule has 0 heterocycles. The van der Waals surface area contributed by atoms with Gasteiger partial charge in [-0.1, -0.05) is 0 Å². The maximum atomic E-state index is 11.9. The smallest absolute Gasteiger partial charge is 0.274 e. The molecule has 0 unspecified atom stereocenters. The Morgan fingerprint density at radius 3 is 2.47 bits per heavy atom. The van der Waals surface area contributed by atoms with Crippen LogP contribution in [-0.2, 0) is 4.84 Å². The molecule has 0 aliphatic heterocycles. The van der Waals surface area contributed by atoms with E-state index in [0.29, 0.717) is 5.56 Å². The van der Waals surface area contributed by atoms with E-state index in [9.17, 15) is 4.79 Å². The number of amides is 1. The molecule has 0 radical (unpaired) electrons. The van der Waals surface area contributed by atoms with Crippen molar-refractivity contribution in [3.8, 4) is 0 Å². The maximum absolute atomic E-state index is 11.9. The number of carbonyl (C=O) groups excluding carboxylic acids is 1. The molecule has 0 bridgehead atoms. The summed E-state index contributed by atoms with van der Waals surface area (Å²) in [4.78, 5) is 16.8. The van der Waals surface area contributed by atoms with Crippen LogP contribution in [0.4, 0.5) is 0 Å². The lowest BCUT2D eigenvalue weighted by Gasteiger charge is -2.15. The molecule has 0 N–H and O–H groups in total. The summed E-state index contributed by atoms with van der Waals surface area (Å²) < 4.78 is 3.08. The Kier molecular flexibility index (Phi) is 5.52. The van der Waals surface area contributed by atoms with Gasteiger partial charge < -0.3 is 0 Å². The maximum Gasteiger partial charge on any atom is 0.278 e. The topological polar surface area (TPSA) is 29.5 Å². The molecule has 0 atom stereocenters. The highest BCUT2D eigenvalue weighted by Crippen LogP contribution is 2.23. The molecule has 0 saturated heterocycles. The number of benzene rings is 1. The fraction of sp³-hybridized carbons (Fsp3) is 0.222. The van der Waals surface area contributed by atoms with Crippen molar-refractivity contribution in [1.82, 2.24) is 5.06 Å². The van der Waals surface area contributed by atoms with Crippen LogP contribution in [0.1, 0.15) is 10.4 Å². The zero-order chi connectivity index (χ0) is 11.6. The quantitative estimate of drug-likeness (QED) is 0.327. The summed E-state index contributed by atoms with van der Waals surface area (Å²) in [6.07, 6.45) is 0. The van der Waals surface area contributed by atoms with Gasteiger partial charge in [0.15, 0.2) is 0 Å². The predicted octanol–water partition coefficient (Wildman–Crippen LogP) is 3.13. The third kappa shape index (κ3) is 3.40. The number of nitrogens with zero attached hydrogens (tertiary/aromatic N) is 1. The SMILES string of the molecule is CON(C)C(=O)c1cc(I)cc(I)c1I. The van der Waals surface area contributed by atoms with E-state index >= 15 is 0 Å². The molecule has 0 saturated carbocycles. The lowest BCUT2D eigenvalue weighted by atomic mass is 10.2. The molecular formula is C9H8I3NO2. The average molecular weight is 543 g/mol. The van der Waals surface area contributed by atoms with Gasteiger partial charge in [0.1, 0.15) is 0 Å². The fourth-order valence-corrected chi connectivity index (χ4v) is 3.35. The fourth-order valence-electron chi connectivity index (χ4n) is 0.964. The first-order chi connectivity index (χ1) is 6.97. The van der Waals surface area contributed by atoms with E-state index in [4.69, 9.17) is 4.84 Å². The molecule has 82 valence electrons. The summed E-state index contributed by atoms with van der Waals surface area (Å²) in [5, 5.41) is 1.23. The number of carbonyl (C=O) groups is 1. The minimum absolute atomic E-state index is 0.127. The number of hydrogen-bond donors (Lipinski definition) is 0. The second kappa shape index (κ2) is 5.96. The van der Waals surface area contributed by atoms with Gasteiger partial charge in [0.2, 0.25) is 0 Å². The molecule has 1 aromatic carbocycles. The van der Waals surface area contributed by atoms with Crippen LogP contribution in [0.3, 0.4) is 0 Å². The van der Waals surface area contributed by atoms with E-state index in [1.54, 1.807) is 7.05 Å². The van der Waals surface area contributed by atoms with E-state index in [2.05, 4.69) is 67.8 Å². The Morgan fingerprint density at radius 1 is 1.33 bits per heavy atom. The normalized spacial score (nSPS) is 10.2. The summed E-state index contributed by atoms with van der Waals surface area (Å²) in [5.74, 6) is -0.127. The van der Waals surface area contributed by atoms with Gasteiger partial charge in [0.05, 0.1) is 12.7 Å². The number of hydroxylamine groups is 2. The van der Waals surface area contributed by atoms with Crippen LogP contribution >= 0.6 is 67.8 Å². The molecule has 0 fully saturated rings. The van der Waals surface area contributed by atoms with E-state index in [0.717, 1.165) is 10.7 Å². The van der Waals surface area contributed by atoms with Crippen molar-refractivity contribution < 1.29 is 9.63 Å². The van der Waals surface area contributed by atoms with Crippen molar-refractivity contribution in [2.75, 3.05) is 14.2 Å². The van der Waals surface area contributed by atoms with Gasteiger partial charge in [0.25, 0.3) is 5.91 Å². The van der Waals surface area contributed by atoms with Crippen molar-refractivity contribution in [3.05, 3.63) is 28.4 Å². The van der Waals surface area contributed by atoms with Gasteiger partial charge in [-0.05, 0) is 79.9 Å². The molecule has 1 rings (SSSR count). The molecule has 6 heteroatoms. The van der Waals surface area contributed by atoms with Crippen LogP contribution in [0.5, 0.6) is 0 Å². The lowest BCUT2D eigenvalue weighted by molar-refractivity contribution is -0.0757. The lowest BCUT2D eigenvalue weighted by Crippen LogP contribution is -2.26. The van der Waals surface area contributed by atoms with Crippen LogP contribution in [-0.4, -0.2) is 25.1 Å². The largest absolute Gasteiger partial charge is 0.278 e. The summed E-state index contributed by atoms with van der Waals surface area (Å²) in [5.41, 5.74) is 0.677. The second-order valence-corrected chi connectivity index (χ2v) is 6.22. The van der Waals surface area contributed by atoms with E-state index < -0.39 is 0 Å². The monoisotopic (exact) mass is 543 g/mol. The van der Waals surface area contributed by atoms with Crippen molar-refractivity contribution in [2.24, 2.45) is 0 Å². The van der Waals surface area contributed by atoms with Gasteiger partial charge in [0, 0.05) is 17.8 Å². The van der Waals surface area contributed by atoms with Gasteiger partial charge in [-0.3, -0.25) is 9.63 Å². The van der Waals surface area contributed by atoms with Gasteiger partial charge in [-0.15, -0.1) is 0 Å². The Balaban J connectivity index is 3.19. The van der Waals surface area contributed by atoms with Gasteiger partial charge >= 0.3 is 0 Å². The highest BCUT2D eigenvalue weighted by Gasteiger charge is 2.17. The molecular weight excluding hydrogens is 535 g/mol. The highest BCUT2D eigenvalue weighted by molar-refractivity contribution is 14.1. The third-order valence-electron chi connectivity index (χ3n) is 1.78. The van der Waals surface area contributed by atoms with Crippen molar-refractivity contribution >= 4 is 73.7 Å². The molecule has 3 nitrogen and oxygen atoms in total. The number of halogens is 3. The Morgan fingerprint density at radius 2 is 1.93 bits per heavy atom. The first kappa shape index (κ1) is 13.9. The van der Waals surface area contributed by atoms with Crippen LogP contribution < -0.4 is 0 Å². The van der Waals surface area contributed by atoms with E-state index in [1.807, 2.05) is 12.1 Å². The van der Waals surface area contributed by atoms with Crippen molar-refractivity contribution in [1.29, 1.82) is 0 Å². The number of hydrogen-bond acceptors (Lipinski definition) is 2. The molecule has 15 heavy (non-hydrogen) atoms. The minimum atomic E-state index is -0.127. The van der Waals surface area contributed by atoms with Crippen molar-refractivity contribution in [2.45, 2.75) is 0 Å². The Hall–Kier alpha value is 0.840. The number of rotatable bonds is 2. The highest BCUT2D eigenvalue weighted by atomic mass is 127. The van der Waals surface area contributed by atoms with Crippen LogP contribution in [0, 0.1) is 10.7 Å². The zero-order valence-corrected chi connectivity index (χ0v) is 14.5. The molecule has 0 spiro atoms. The van der Waals surface area contributed by atoms with Crippen LogP contribution in [0.15, 0.2) is 12.1 Å². The summed E-state index contributed by atoms with van der Waals surface area (Å²) in [7, 11) is 3.08. The second-order valence-electron chi connectivity index (χ2n) is 2.73. The first-order valence-electron chi connectivity index (χ1n) is 3.94. The zero-order valence-electron chi connectivity index (χ0n) is 8.05. The van der Waals surface area contributed by atoms with Crippen molar-refractivity contribution in [3.63, 3.8) is 0 Å². The summed E-state index contributed by atoms with van der Waals surface area (Å²) in [6.45, 7) is 0. The predicted molar refractivity (Wildman–Crippen MR) is 83.7 cm³/mol. The van der Waals surface area contributed by atoms with Gasteiger partial charge in [-0.25, -0.2) is 5.06 Å². The van der Waals surface area contributed by atoms with E-state index in [-0.39, 0.29) is 5.91 Å². The Bertz CT molecular complexity index is 395. The summed E-state index contributed by atoms with van der Waals surface area (Å²) in [6, 6.07) is 3.90. The molecule has 1 amide bonds. The molecule has 1 aromatic rings. The first-order valence-corrected chi connectivity index (χ1v) is 7.17. The van der Waals surface area contributed by atoms with Crippen LogP contribution in [0.2, 0.25) is 0 Å². The van der Waals surface area contributed by atoms with E-state index in [1.165, 1.54) is 12.2 Å². The van der Waals surface area contributed by atoms with Gasteiger partial charge in [-0.2, -0.15) is 0 Å². The average Bonchev–Trinajstić information content (AvgIpc) is 2.21. The minimum Gasteiger partial charge on any atom is -0.274 e. The molecule has 0 aliphatic rings.